The Kier molecular flexibility index (Phi) is 3.95. The van der Waals surface area contributed by atoms with Gasteiger partial charge in [-0.1, -0.05) is 0 Å². The number of benzene rings is 1. The van der Waals surface area contributed by atoms with Crippen molar-refractivity contribution in [2.45, 2.75) is 0 Å². The van der Waals surface area contributed by atoms with Crippen molar-refractivity contribution in [3.63, 3.8) is 0 Å². The minimum absolute atomic E-state index is 0.480. The van der Waals surface area contributed by atoms with Crippen LogP contribution < -0.4 is 10.5 Å². The first-order valence-corrected chi connectivity index (χ1v) is 4.70. The molecule has 1 rings (SSSR count). The summed E-state index contributed by atoms with van der Waals surface area (Å²) in [5, 5.41) is 8.86. The van der Waals surface area contributed by atoms with E-state index in [0.29, 0.717) is 23.6 Å². The van der Waals surface area contributed by atoms with Crippen molar-refractivity contribution in [3.8, 4) is 11.8 Å². The lowest BCUT2D eigenvalue weighted by atomic mass is 10.2. The molecule has 0 heterocycles. The van der Waals surface area contributed by atoms with Crippen molar-refractivity contribution < 1.29 is 4.74 Å². The van der Waals surface area contributed by atoms with Crippen LogP contribution in [0.3, 0.4) is 0 Å². The topological polar surface area (TPSA) is 62.3 Å². The summed E-state index contributed by atoms with van der Waals surface area (Å²) in [6.45, 7) is 1.38. The van der Waals surface area contributed by atoms with Gasteiger partial charge < -0.3 is 15.4 Å². The molecule has 0 unspecified atom stereocenters. The highest BCUT2D eigenvalue weighted by Gasteiger charge is 2.03. The predicted molar refractivity (Wildman–Crippen MR) is 59.6 cm³/mol. The smallest absolute Gasteiger partial charge is 0.137 e. The molecule has 2 N–H and O–H groups in total. The van der Waals surface area contributed by atoms with Crippen LogP contribution in [0.1, 0.15) is 5.56 Å². The van der Waals surface area contributed by atoms with Crippen molar-refractivity contribution in [1.29, 1.82) is 5.26 Å². The number of rotatable bonds is 4. The van der Waals surface area contributed by atoms with E-state index in [4.69, 9.17) is 15.7 Å². The fourth-order valence-electron chi connectivity index (χ4n) is 1.10. The van der Waals surface area contributed by atoms with Crippen LogP contribution in [0.15, 0.2) is 18.2 Å². The molecule has 0 bridgehead atoms. The van der Waals surface area contributed by atoms with Crippen LogP contribution in [0.2, 0.25) is 0 Å². The molecule has 1 aromatic rings. The third-order valence-electron chi connectivity index (χ3n) is 1.92. The molecule has 1 aromatic carbocycles. The molecular formula is C11H15N3O. The normalized spacial score (nSPS) is 10.0. The monoisotopic (exact) mass is 205 g/mol. The Hall–Kier alpha value is -1.73. The molecule has 0 saturated carbocycles. The minimum atomic E-state index is 0.480. The van der Waals surface area contributed by atoms with Crippen LogP contribution in [0, 0.1) is 11.3 Å². The Morgan fingerprint density at radius 1 is 1.47 bits per heavy atom. The molecule has 80 valence electrons. The molecule has 0 saturated heterocycles. The zero-order valence-electron chi connectivity index (χ0n) is 9.03. The number of nitriles is 1. The highest BCUT2D eigenvalue weighted by Crippen LogP contribution is 2.20. The van der Waals surface area contributed by atoms with E-state index in [-0.39, 0.29) is 0 Å². The van der Waals surface area contributed by atoms with Crippen molar-refractivity contribution in [3.05, 3.63) is 23.8 Å². The van der Waals surface area contributed by atoms with E-state index in [1.807, 2.05) is 19.0 Å². The van der Waals surface area contributed by atoms with Crippen molar-refractivity contribution in [2.75, 3.05) is 33.0 Å². The Labute approximate surface area is 89.9 Å². The van der Waals surface area contributed by atoms with Gasteiger partial charge in [-0.3, -0.25) is 0 Å². The Balaban J connectivity index is 2.65. The maximum absolute atomic E-state index is 8.86. The van der Waals surface area contributed by atoms with Gasteiger partial charge in [-0.25, -0.2) is 0 Å². The molecule has 15 heavy (non-hydrogen) atoms. The Bertz CT molecular complexity index is 369. The summed E-state index contributed by atoms with van der Waals surface area (Å²) in [6, 6.07) is 7.13. The van der Waals surface area contributed by atoms with Gasteiger partial charge in [0.05, 0.1) is 5.56 Å². The zero-order valence-corrected chi connectivity index (χ0v) is 9.03. The molecule has 0 radical (unpaired) electrons. The highest BCUT2D eigenvalue weighted by molar-refractivity contribution is 5.53. The molecule has 0 aromatic heterocycles. The first-order valence-electron chi connectivity index (χ1n) is 4.70. The number of nitrogens with two attached hydrogens (primary N) is 1. The largest absolute Gasteiger partial charge is 0.491 e. The molecule has 0 atom stereocenters. The summed E-state index contributed by atoms with van der Waals surface area (Å²) in [6.07, 6.45) is 0. The van der Waals surface area contributed by atoms with Crippen molar-refractivity contribution in [1.82, 2.24) is 4.90 Å². The molecule has 0 spiro atoms. The van der Waals surface area contributed by atoms with E-state index in [0.717, 1.165) is 6.54 Å². The molecule has 4 nitrogen and oxygen atoms in total. The van der Waals surface area contributed by atoms with Gasteiger partial charge in [-0.15, -0.1) is 0 Å². The third kappa shape index (κ3) is 3.49. The fourth-order valence-corrected chi connectivity index (χ4v) is 1.10. The van der Waals surface area contributed by atoms with E-state index in [2.05, 4.69) is 6.07 Å². The summed E-state index contributed by atoms with van der Waals surface area (Å²) in [5.41, 5.74) is 6.62. The van der Waals surface area contributed by atoms with E-state index in [1.54, 1.807) is 18.2 Å². The van der Waals surface area contributed by atoms with Crippen LogP contribution in [-0.2, 0) is 0 Å². The number of nitrogen functional groups attached to an aromatic ring is 1. The lowest BCUT2D eigenvalue weighted by molar-refractivity contribution is 0.261. The van der Waals surface area contributed by atoms with Gasteiger partial charge in [0.1, 0.15) is 18.4 Å². The first kappa shape index (κ1) is 11.3. The maximum Gasteiger partial charge on any atom is 0.137 e. The van der Waals surface area contributed by atoms with E-state index in [1.165, 1.54) is 0 Å². The second-order valence-electron chi connectivity index (χ2n) is 3.52. The number of ether oxygens (including phenoxy) is 1. The van der Waals surface area contributed by atoms with Crippen LogP contribution >= 0.6 is 0 Å². The molecule has 0 fully saturated rings. The minimum Gasteiger partial charge on any atom is -0.491 e. The molecule has 4 heteroatoms. The molecule has 0 aliphatic rings. The second-order valence-corrected chi connectivity index (χ2v) is 3.52. The molecule has 0 aliphatic heterocycles. The molecule has 0 amide bonds. The average Bonchev–Trinajstić information content (AvgIpc) is 2.19. The number of hydrogen-bond acceptors (Lipinski definition) is 4. The summed E-state index contributed by atoms with van der Waals surface area (Å²) >= 11 is 0. The van der Waals surface area contributed by atoms with Gasteiger partial charge in [0.25, 0.3) is 0 Å². The van der Waals surface area contributed by atoms with Crippen molar-refractivity contribution >= 4 is 5.69 Å². The number of likely N-dealkylation sites (N-methyl/N-ethyl adjacent to an activating group) is 1. The van der Waals surface area contributed by atoms with E-state index < -0.39 is 0 Å². The lowest BCUT2D eigenvalue weighted by Crippen LogP contribution is -2.19. The Morgan fingerprint density at radius 3 is 2.80 bits per heavy atom. The second kappa shape index (κ2) is 5.23. The van der Waals surface area contributed by atoms with Gasteiger partial charge in [-0.2, -0.15) is 5.26 Å². The Morgan fingerprint density at radius 2 is 2.20 bits per heavy atom. The molecule has 0 aliphatic carbocycles. The summed E-state index contributed by atoms with van der Waals surface area (Å²) < 4.78 is 5.47. The van der Waals surface area contributed by atoms with Crippen LogP contribution in [-0.4, -0.2) is 32.1 Å². The summed E-state index contributed by atoms with van der Waals surface area (Å²) in [7, 11) is 3.94. The van der Waals surface area contributed by atoms with Gasteiger partial charge in [0.2, 0.25) is 0 Å². The van der Waals surface area contributed by atoms with Gasteiger partial charge >= 0.3 is 0 Å². The average molecular weight is 205 g/mol. The van der Waals surface area contributed by atoms with Gasteiger partial charge in [0, 0.05) is 12.2 Å². The zero-order chi connectivity index (χ0) is 11.3. The summed E-state index contributed by atoms with van der Waals surface area (Å²) in [5.74, 6) is 0.591. The lowest BCUT2D eigenvalue weighted by Gasteiger charge is -2.11. The van der Waals surface area contributed by atoms with Gasteiger partial charge in [-0.05, 0) is 32.3 Å². The highest BCUT2D eigenvalue weighted by atomic mass is 16.5. The third-order valence-corrected chi connectivity index (χ3v) is 1.92. The summed E-state index contributed by atoms with van der Waals surface area (Å²) in [4.78, 5) is 2.02. The van der Waals surface area contributed by atoms with Gasteiger partial charge in [0.15, 0.2) is 0 Å². The standard InChI is InChI=1S/C11H15N3O/c1-14(2)5-6-15-11-4-3-10(13)7-9(11)8-12/h3-4,7H,5-6,13H2,1-2H3. The first-order chi connectivity index (χ1) is 7.13. The number of anilines is 1. The fraction of sp³-hybridized carbons (Fsp3) is 0.364. The van der Waals surface area contributed by atoms with Crippen LogP contribution in [0.25, 0.3) is 0 Å². The van der Waals surface area contributed by atoms with Crippen LogP contribution in [0.4, 0.5) is 5.69 Å². The SMILES string of the molecule is CN(C)CCOc1ccc(N)cc1C#N. The van der Waals surface area contributed by atoms with E-state index >= 15 is 0 Å². The maximum atomic E-state index is 8.86. The van der Waals surface area contributed by atoms with Crippen LogP contribution in [0.5, 0.6) is 5.75 Å². The predicted octanol–water partition coefficient (Wildman–Crippen LogP) is 1.08. The quantitative estimate of drug-likeness (QED) is 0.747. The molecular weight excluding hydrogens is 190 g/mol. The van der Waals surface area contributed by atoms with E-state index in [9.17, 15) is 0 Å². The number of hydrogen-bond donors (Lipinski definition) is 1. The number of nitrogens with zero attached hydrogens (tertiary/aromatic N) is 2. The van der Waals surface area contributed by atoms with Crippen molar-refractivity contribution in [2.24, 2.45) is 0 Å².